The van der Waals surface area contributed by atoms with Crippen molar-refractivity contribution in [1.82, 2.24) is 5.32 Å². The van der Waals surface area contributed by atoms with E-state index in [1.807, 2.05) is 6.07 Å². The van der Waals surface area contributed by atoms with E-state index in [2.05, 4.69) is 28.2 Å². The molecule has 4 heteroatoms. The van der Waals surface area contributed by atoms with E-state index in [-0.39, 0.29) is 0 Å². The predicted octanol–water partition coefficient (Wildman–Crippen LogP) is 3.24. The number of ether oxygens (including phenoxy) is 2. The smallest absolute Gasteiger partial charge is 0.165 e. The van der Waals surface area contributed by atoms with Crippen molar-refractivity contribution in [3.05, 3.63) is 21.7 Å². The molecule has 1 aliphatic heterocycles. The van der Waals surface area contributed by atoms with Crippen LogP contribution in [0.1, 0.15) is 29.9 Å². The number of nitrogens with one attached hydrogen (secondary N) is 1. The predicted molar refractivity (Wildman–Crippen MR) is 76.8 cm³/mol. The van der Waals surface area contributed by atoms with Gasteiger partial charge in [0.25, 0.3) is 0 Å². The zero-order valence-corrected chi connectivity index (χ0v) is 12.8. The Balaban J connectivity index is 2.51. The summed E-state index contributed by atoms with van der Waals surface area (Å²) in [5, 5.41) is 3.40. The maximum Gasteiger partial charge on any atom is 0.165 e. The number of aryl methyl sites for hydroxylation is 1. The van der Waals surface area contributed by atoms with E-state index in [0.717, 1.165) is 41.9 Å². The van der Waals surface area contributed by atoms with Gasteiger partial charge >= 0.3 is 0 Å². The molecule has 0 aliphatic carbocycles. The van der Waals surface area contributed by atoms with Crippen molar-refractivity contribution in [1.29, 1.82) is 0 Å². The van der Waals surface area contributed by atoms with E-state index in [0.29, 0.717) is 5.92 Å². The lowest BCUT2D eigenvalue weighted by molar-refractivity contribution is 0.343. The number of hydrogen-bond donors (Lipinski definition) is 1. The van der Waals surface area contributed by atoms with E-state index >= 15 is 0 Å². The van der Waals surface area contributed by atoms with Crippen molar-refractivity contribution in [3.8, 4) is 11.5 Å². The first kappa shape index (κ1) is 13.7. The molecule has 1 heterocycles. The van der Waals surface area contributed by atoms with Gasteiger partial charge in [-0.05, 0) is 50.4 Å². The number of halogens is 1. The summed E-state index contributed by atoms with van der Waals surface area (Å²) < 4.78 is 12.2. The van der Waals surface area contributed by atoms with Gasteiger partial charge in [0.2, 0.25) is 0 Å². The maximum atomic E-state index is 5.58. The van der Waals surface area contributed by atoms with E-state index in [1.165, 1.54) is 11.1 Å². The summed E-state index contributed by atoms with van der Waals surface area (Å²) in [6, 6.07) is 2.02. The van der Waals surface area contributed by atoms with Crippen LogP contribution in [-0.4, -0.2) is 27.3 Å². The van der Waals surface area contributed by atoms with E-state index in [4.69, 9.17) is 9.47 Å². The second-order valence-corrected chi connectivity index (χ2v) is 5.47. The molecule has 2 rings (SSSR count). The quantitative estimate of drug-likeness (QED) is 0.929. The molecule has 0 radical (unpaired) electrons. The number of methoxy groups -OCH3 is 2. The number of hydrogen-bond acceptors (Lipinski definition) is 3. The van der Waals surface area contributed by atoms with Gasteiger partial charge in [0, 0.05) is 10.0 Å². The largest absolute Gasteiger partial charge is 0.493 e. The van der Waals surface area contributed by atoms with Gasteiger partial charge in [-0.2, -0.15) is 0 Å². The lowest BCUT2D eigenvalue weighted by Gasteiger charge is -2.27. The molecule has 0 aromatic heterocycles. The number of benzene rings is 1. The summed E-state index contributed by atoms with van der Waals surface area (Å²) in [6.07, 6.45) is 2.28. The molecule has 1 aromatic carbocycles. The third kappa shape index (κ3) is 2.50. The highest BCUT2D eigenvalue weighted by molar-refractivity contribution is 9.10. The van der Waals surface area contributed by atoms with Gasteiger partial charge in [0.05, 0.1) is 14.2 Å². The fourth-order valence-corrected chi connectivity index (χ4v) is 3.23. The summed E-state index contributed by atoms with van der Waals surface area (Å²) in [7, 11) is 3.40. The standard InChI is InChI=1S/C14H20BrNO2/c1-9-8-11(17-2)14(18-3)12(13(9)15)10-4-6-16-7-5-10/h8,10,16H,4-7H2,1-3H3. The van der Waals surface area contributed by atoms with Crippen LogP contribution >= 0.6 is 15.9 Å². The molecule has 0 atom stereocenters. The first-order valence-electron chi connectivity index (χ1n) is 6.30. The molecule has 1 fully saturated rings. The van der Waals surface area contributed by atoms with Crippen molar-refractivity contribution in [3.63, 3.8) is 0 Å². The van der Waals surface area contributed by atoms with E-state index < -0.39 is 0 Å². The first-order valence-corrected chi connectivity index (χ1v) is 7.10. The Morgan fingerprint density at radius 1 is 1.22 bits per heavy atom. The van der Waals surface area contributed by atoms with Crippen molar-refractivity contribution in [2.75, 3.05) is 27.3 Å². The molecule has 3 nitrogen and oxygen atoms in total. The average molecular weight is 314 g/mol. The van der Waals surface area contributed by atoms with Gasteiger partial charge in [0.1, 0.15) is 0 Å². The van der Waals surface area contributed by atoms with Crippen LogP contribution in [0.4, 0.5) is 0 Å². The van der Waals surface area contributed by atoms with Gasteiger partial charge in [-0.1, -0.05) is 15.9 Å². The van der Waals surface area contributed by atoms with E-state index in [9.17, 15) is 0 Å². The molecule has 1 aliphatic rings. The highest BCUT2D eigenvalue weighted by atomic mass is 79.9. The van der Waals surface area contributed by atoms with Gasteiger partial charge < -0.3 is 14.8 Å². The highest BCUT2D eigenvalue weighted by Gasteiger charge is 2.25. The Hall–Kier alpha value is -0.740. The minimum atomic E-state index is 0.532. The average Bonchev–Trinajstić information content (AvgIpc) is 2.42. The van der Waals surface area contributed by atoms with Crippen LogP contribution in [0.5, 0.6) is 11.5 Å². The molecule has 0 unspecified atom stereocenters. The topological polar surface area (TPSA) is 30.5 Å². The van der Waals surface area contributed by atoms with Crippen LogP contribution in [0.2, 0.25) is 0 Å². The third-order valence-electron chi connectivity index (χ3n) is 3.57. The summed E-state index contributed by atoms with van der Waals surface area (Å²) >= 11 is 3.71. The minimum Gasteiger partial charge on any atom is -0.493 e. The molecule has 0 bridgehead atoms. The maximum absolute atomic E-state index is 5.58. The lowest BCUT2D eigenvalue weighted by atomic mass is 9.88. The highest BCUT2D eigenvalue weighted by Crippen LogP contribution is 2.44. The molecule has 18 heavy (non-hydrogen) atoms. The normalized spacial score (nSPS) is 16.7. The monoisotopic (exact) mass is 313 g/mol. The number of piperidine rings is 1. The second kappa shape index (κ2) is 5.93. The Morgan fingerprint density at radius 3 is 2.44 bits per heavy atom. The SMILES string of the molecule is COc1cc(C)c(Br)c(C2CCNCC2)c1OC. The Morgan fingerprint density at radius 2 is 1.89 bits per heavy atom. The number of rotatable bonds is 3. The summed E-state index contributed by atoms with van der Waals surface area (Å²) in [6.45, 7) is 4.23. The molecule has 1 N–H and O–H groups in total. The van der Waals surface area contributed by atoms with Crippen LogP contribution in [0.3, 0.4) is 0 Å². The minimum absolute atomic E-state index is 0.532. The summed E-state index contributed by atoms with van der Waals surface area (Å²) in [5.74, 6) is 2.23. The zero-order valence-electron chi connectivity index (χ0n) is 11.2. The fourth-order valence-electron chi connectivity index (χ4n) is 2.61. The third-order valence-corrected chi connectivity index (χ3v) is 4.62. The molecule has 1 saturated heterocycles. The zero-order chi connectivity index (χ0) is 13.1. The molecular weight excluding hydrogens is 294 g/mol. The molecule has 0 amide bonds. The van der Waals surface area contributed by atoms with E-state index in [1.54, 1.807) is 14.2 Å². The van der Waals surface area contributed by atoms with Crippen LogP contribution < -0.4 is 14.8 Å². The lowest BCUT2D eigenvalue weighted by Crippen LogP contribution is -2.27. The summed E-state index contributed by atoms with van der Waals surface area (Å²) in [4.78, 5) is 0. The first-order chi connectivity index (χ1) is 8.69. The van der Waals surface area contributed by atoms with Crippen molar-refractivity contribution in [2.24, 2.45) is 0 Å². The van der Waals surface area contributed by atoms with Gasteiger partial charge in [0.15, 0.2) is 11.5 Å². The molecule has 0 saturated carbocycles. The van der Waals surface area contributed by atoms with Crippen molar-refractivity contribution in [2.45, 2.75) is 25.7 Å². The van der Waals surface area contributed by atoms with Crippen LogP contribution in [0.15, 0.2) is 10.5 Å². The molecule has 1 aromatic rings. The van der Waals surface area contributed by atoms with Crippen LogP contribution in [0.25, 0.3) is 0 Å². The molecular formula is C14H20BrNO2. The Kier molecular flexibility index (Phi) is 4.51. The van der Waals surface area contributed by atoms with Crippen LogP contribution in [0, 0.1) is 6.92 Å². The van der Waals surface area contributed by atoms with Crippen molar-refractivity contribution < 1.29 is 9.47 Å². The van der Waals surface area contributed by atoms with Gasteiger partial charge in [-0.3, -0.25) is 0 Å². The van der Waals surface area contributed by atoms with Crippen LogP contribution in [-0.2, 0) is 0 Å². The summed E-state index contributed by atoms with van der Waals surface area (Å²) in [5.41, 5.74) is 2.46. The second-order valence-electron chi connectivity index (χ2n) is 4.68. The molecule has 0 spiro atoms. The Labute approximate surface area is 117 Å². The molecule has 100 valence electrons. The van der Waals surface area contributed by atoms with Crippen molar-refractivity contribution >= 4 is 15.9 Å². The fraction of sp³-hybridized carbons (Fsp3) is 0.571. The van der Waals surface area contributed by atoms with Gasteiger partial charge in [-0.25, -0.2) is 0 Å². The van der Waals surface area contributed by atoms with Gasteiger partial charge in [-0.15, -0.1) is 0 Å². The Bertz CT molecular complexity index is 428.